The van der Waals surface area contributed by atoms with Gasteiger partial charge >= 0.3 is 12.1 Å². The molecule has 7 nitrogen and oxygen atoms in total. The van der Waals surface area contributed by atoms with E-state index in [1.807, 2.05) is 6.92 Å². The van der Waals surface area contributed by atoms with Gasteiger partial charge in [0.1, 0.15) is 0 Å². The Bertz CT molecular complexity index is 427. The van der Waals surface area contributed by atoms with Gasteiger partial charge in [-0.25, -0.2) is 10.2 Å². The number of nitrogens with zero attached hydrogens (tertiary/aromatic N) is 1. The first-order valence-electron chi connectivity index (χ1n) is 8.32. The highest BCUT2D eigenvalue weighted by atomic mass is 32.1. The predicted octanol–water partition coefficient (Wildman–Crippen LogP) is 3.36. The Morgan fingerprint density at radius 1 is 0.875 bits per heavy atom. The molecule has 0 fully saturated rings. The van der Waals surface area contributed by atoms with Gasteiger partial charge in [-0.15, -0.1) is 5.10 Å². The van der Waals surface area contributed by atoms with E-state index in [4.69, 9.17) is 26.4 Å². The van der Waals surface area contributed by atoms with Gasteiger partial charge in [0.25, 0.3) is 0 Å². The van der Waals surface area contributed by atoms with Gasteiger partial charge in [0, 0.05) is 12.8 Å². The minimum absolute atomic E-state index is 0.184. The summed E-state index contributed by atoms with van der Waals surface area (Å²) < 4.78 is 15.0. The first kappa shape index (κ1) is 22.3. The van der Waals surface area contributed by atoms with Gasteiger partial charge in [0.2, 0.25) is 5.90 Å². The Labute approximate surface area is 149 Å². The van der Waals surface area contributed by atoms with E-state index in [0.29, 0.717) is 38.4 Å². The van der Waals surface area contributed by atoms with Crippen LogP contribution >= 0.6 is 12.2 Å². The Morgan fingerprint density at radius 2 is 1.46 bits per heavy atom. The fourth-order valence-electron chi connectivity index (χ4n) is 1.82. The fourth-order valence-corrected chi connectivity index (χ4v) is 2.11. The monoisotopic (exact) mass is 360 g/mol. The predicted molar refractivity (Wildman–Crippen MR) is 96.2 cm³/mol. The minimum atomic E-state index is -0.607. The molecular weight excluding hydrogens is 332 g/mol. The average Bonchev–Trinajstić information content (AvgIpc) is 2.53. The topological polar surface area (TPSA) is 86.2 Å². The molecule has 0 heterocycles. The van der Waals surface area contributed by atoms with E-state index < -0.39 is 6.09 Å². The van der Waals surface area contributed by atoms with Gasteiger partial charge in [-0.2, -0.15) is 0 Å². The number of amides is 1. The van der Waals surface area contributed by atoms with Crippen LogP contribution in [0.5, 0.6) is 0 Å². The second-order valence-corrected chi connectivity index (χ2v) is 5.40. The van der Waals surface area contributed by atoms with Gasteiger partial charge in [0.15, 0.2) is 0 Å². The molecule has 0 aliphatic heterocycles. The van der Waals surface area contributed by atoms with Crippen LogP contribution < -0.4 is 5.43 Å². The van der Waals surface area contributed by atoms with E-state index in [9.17, 15) is 9.59 Å². The van der Waals surface area contributed by atoms with Crippen LogP contribution in [0.2, 0.25) is 0 Å². The van der Waals surface area contributed by atoms with Crippen LogP contribution in [-0.4, -0.2) is 42.6 Å². The van der Waals surface area contributed by atoms with Gasteiger partial charge in [-0.1, -0.05) is 12.2 Å². The highest BCUT2D eigenvalue weighted by Gasteiger charge is 2.06. The summed E-state index contributed by atoms with van der Waals surface area (Å²) in [6.45, 7) is 6.51. The summed E-state index contributed by atoms with van der Waals surface area (Å²) in [4.78, 5) is 23.3. The molecule has 0 aromatic rings. The molecule has 138 valence electrons. The van der Waals surface area contributed by atoms with Crippen molar-refractivity contribution in [2.24, 2.45) is 5.10 Å². The van der Waals surface area contributed by atoms with Crippen molar-refractivity contribution in [3.8, 4) is 0 Å². The molecule has 0 aromatic heterocycles. The number of rotatable bonds is 12. The summed E-state index contributed by atoms with van der Waals surface area (Å²) in [6.07, 6.45) is 3.28. The van der Waals surface area contributed by atoms with Crippen molar-refractivity contribution in [2.75, 3.05) is 19.8 Å². The summed E-state index contributed by atoms with van der Waals surface area (Å²) in [5.41, 5.74) is 2.28. The zero-order valence-corrected chi connectivity index (χ0v) is 15.6. The Kier molecular flexibility index (Phi) is 13.8. The Hall–Kier alpha value is -1.70. The molecule has 1 amide bonds. The zero-order valence-electron chi connectivity index (χ0n) is 14.8. The molecule has 0 unspecified atom stereocenters. The van der Waals surface area contributed by atoms with Crippen molar-refractivity contribution in [3.63, 3.8) is 0 Å². The van der Waals surface area contributed by atoms with Crippen molar-refractivity contribution in [1.29, 1.82) is 0 Å². The second-order valence-electron chi connectivity index (χ2n) is 4.82. The fraction of sp³-hybridized carbons (Fsp3) is 0.750. The number of hydrogen-bond acceptors (Lipinski definition) is 7. The van der Waals surface area contributed by atoms with Crippen LogP contribution in [0.15, 0.2) is 5.10 Å². The van der Waals surface area contributed by atoms with Gasteiger partial charge in [-0.3, -0.25) is 4.79 Å². The third kappa shape index (κ3) is 12.8. The number of esters is 1. The third-order valence-corrected chi connectivity index (χ3v) is 3.25. The zero-order chi connectivity index (χ0) is 18.2. The number of nitrogens with one attached hydrogen (secondary N) is 1. The number of carbonyl (C=O) groups is 2. The van der Waals surface area contributed by atoms with Crippen LogP contribution in [0.1, 0.15) is 59.3 Å². The van der Waals surface area contributed by atoms with Crippen molar-refractivity contribution >= 4 is 35.0 Å². The molecule has 0 spiro atoms. The van der Waals surface area contributed by atoms with Crippen LogP contribution in [0, 0.1) is 0 Å². The first-order chi connectivity index (χ1) is 11.5. The lowest BCUT2D eigenvalue weighted by molar-refractivity contribution is -0.143. The first-order valence-corrected chi connectivity index (χ1v) is 8.73. The number of hydrogen-bond donors (Lipinski definition) is 1. The van der Waals surface area contributed by atoms with Crippen molar-refractivity contribution in [3.05, 3.63) is 0 Å². The van der Waals surface area contributed by atoms with E-state index in [0.717, 1.165) is 24.1 Å². The largest absolute Gasteiger partial charge is 0.480 e. The van der Waals surface area contributed by atoms with Crippen molar-refractivity contribution in [2.45, 2.75) is 59.3 Å². The summed E-state index contributed by atoms with van der Waals surface area (Å²) in [7, 11) is 0. The maximum absolute atomic E-state index is 11.2. The van der Waals surface area contributed by atoms with Crippen molar-refractivity contribution in [1.82, 2.24) is 5.43 Å². The molecule has 24 heavy (non-hydrogen) atoms. The molecule has 8 heteroatoms. The number of ether oxygens (including phenoxy) is 3. The van der Waals surface area contributed by atoms with E-state index in [2.05, 4.69) is 10.5 Å². The van der Waals surface area contributed by atoms with Gasteiger partial charge in [0.05, 0.1) is 19.8 Å². The summed E-state index contributed by atoms with van der Waals surface area (Å²) in [5.74, 6) is 0.260. The highest BCUT2D eigenvalue weighted by molar-refractivity contribution is 7.80. The molecule has 0 aliphatic rings. The lowest BCUT2D eigenvalue weighted by Crippen LogP contribution is -2.21. The van der Waals surface area contributed by atoms with Gasteiger partial charge in [-0.05, 0) is 51.3 Å². The summed E-state index contributed by atoms with van der Waals surface area (Å²) >= 11 is 5.31. The van der Waals surface area contributed by atoms with Gasteiger partial charge < -0.3 is 14.2 Å². The van der Waals surface area contributed by atoms with Crippen LogP contribution in [0.4, 0.5) is 4.79 Å². The van der Waals surface area contributed by atoms with Crippen LogP contribution in [-0.2, 0) is 19.0 Å². The Morgan fingerprint density at radius 3 is 2.04 bits per heavy atom. The van der Waals surface area contributed by atoms with Crippen LogP contribution in [0.25, 0.3) is 0 Å². The lowest BCUT2D eigenvalue weighted by atomic mass is 10.1. The average molecular weight is 360 g/mol. The lowest BCUT2D eigenvalue weighted by Gasteiger charge is -2.08. The molecule has 0 aromatic carbocycles. The molecule has 0 saturated heterocycles. The minimum Gasteiger partial charge on any atom is -0.480 e. The standard InChI is InChI=1S/C16H28N2O5S/c1-4-21-14(17-18-16(20)23-6-3)11-7-9-13(24)10-8-12-15(19)22-5-2/h4-12H2,1-3H3,(H,18,20). The highest BCUT2D eigenvalue weighted by Crippen LogP contribution is 2.08. The maximum atomic E-state index is 11.2. The smallest absolute Gasteiger partial charge is 0.427 e. The van der Waals surface area contributed by atoms with E-state index in [1.54, 1.807) is 13.8 Å². The summed E-state index contributed by atoms with van der Waals surface area (Å²) in [6, 6.07) is 0. The molecule has 0 bridgehead atoms. The van der Waals surface area contributed by atoms with E-state index in [1.165, 1.54) is 0 Å². The number of carbonyl (C=O) groups excluding carboxylic acids is 2. The molecule has 0 atom stereocenters. The van der Waals surface area contributed by atoms with Crippen molar-refractivity contribution < 1.29 is 23.8 Å². The number of hydrazone groups is 1. The third-order valence-electron chi connectivity index (χ3n) is 2.85. The number of thiocarbonyl (C=S) groups is 1. The molecule has 0 saturated carbocycles. The second kappa shape index (κ2) is 14.9. The molecule has 1 N–H and O–H groups in total. The molecule has 0 radical (unpaired) electrons. The summed E-state index contributed by atoms with van der Waals surface area (Å²) in [5, 5.41) is 3.90. The normalized spacial score (nSPS) is 10.9. The SMILES string of the molecule is CCOC(=O)CCCC(=S)CCCC(=NNC(=O)OCC)OCC. The molecule has 0 aliphatic carbocycles. The maximum Gasteiger partial charge on any atom is 0.427 e. The quantitative estimate of drug-likeness (QED) is 0.189. The molecular formula is C16H28N2O5S. The Balaban J connectivity index is 4.01. The van der Waals surface area contributed by atoms with Crippen LogP contribution in [0.3, 0.4) is 0 Å². The van der Waals surface area contributed by atoms with E-state index in [-0.39, 0.29) is 12.6 Å². The van der Waals surface area contributed by atoms with E-state index >= 15 is 0 Å². The molecule has 0 rings (SSSR count).